The van der Waals surface area contributed by atoms with Gasteiger partial charge in [0.2, 0.25) is 0 Å². The second-order valence-electron chi connectivity index (χ2n) is 6.09. The molecule has 144 valence electrons. The lowest BCUT2D eigenvalue weighted by Crippen LogP contribution is -2.07. The Bertz CT molecular complexity index is 928. The number of hydrogen-bond acceptors (Lipinski definition) is 4. The van der Waals surface area contributed by atoms with Crippen LogP contribution in [0.3, 0.4) is 0 Å². The fourth-order valence-corrected chi connectivity index (χ4v) is 3.83. The van der Waals surface area contributed by atoms with E-state index >= 15 is 0 Å². The SMILES string of the molecule is CCOC(=O)Cc1ccc(Sc2cccc(OCc3ccccc3)c2)cc1Cl. The van der Waals surface area contributed by atoms with Gasteiger partial charge in [0.25, 0.3) is 0 Å². The van der Waals surface area contributed by atoms with E-state index in [-0.39, 0.29) is 12.4 Å². The molecule has 0 unspecified atom stereocenters. The van der Waals surface area contributed by atoms with Gasteiger partial charge < -0.3 is 9.47 Å². The van der Waals surface area contributed by atoms with Crippen molar-refractivity contribution in [3.63, 3.8) is 0 Å². The number of ether oxygens (including phenoxy) is 2. The van der Waals surface area contributed by atoms with Crippen molar-refractivity contribution in [3.05, 3.63) is 88.9 Å². The van der Waals surface area contributed by atoms with Crippen molar-refractivity contribution in [1.29, 1.82) is 0 Å². The summed E-state index contributed by atoms with van der Waals surface area (Å²) in [5, 5.41) is 0.564. The van der Waals surface area contributed by atoms with E-state index in [9.17, 15) is 4.79 Å². The molecular weight excluding hydrogens is 392 g/mol. The first-order valence-corrected chi connectivity index (χ1v) is 10.2. The number of halogens is 1. The average Bonchev–Trinajstić information content (AvgIpc) is 2.70. The van der Waals surface area contributed by atoms with Crippen LogP contribution in [-0.2, 0) is 22.6 Å². The average molecular weight is 413 g/mol. The van der Waals surface area contributed by atoms with Gasteiger partial charge in [0.05, 0.1) is 13.0 Å². The van der Waals surface area contributed by atoms with Crippen molar-refractivity contribution in [2.75, 3.05) is 6.61 Å². The lowest BCUT2D eigenvalue weighted by atomic mass is 10.1. The fraction of sp³-hybridized carbons (Fsp3) is 0.174. The highest BCUT2D eigenvalue weighted by Gasteiger charge is 2.09. The van der Waals surface area contributed by atoms with Crippen LogP contribution < -0.4 is 4.74 Å². The first-order valence-electron chi connectivity index (χ1n) is 9.02. The molecule has 0 saturated carbocycles. The molecule has 3 nitrogen and oxygen atoms in total. The lowest BCUT2D eigenvalue weighted by molar-refractivity contribution is -0.142. The molecule has 0 spiro atoms. The van der Waals surface area contributed by atoms with E-state index < -0.39 is 0 Å². The van der Waals surface area contributed by atoms with Gasteiger partial charge in [0.1, 0.15) is 12.4 Å². The molecule has 0 amide bonds. The molecule has 0 bridgehead atoms. The third-order valence-corrected chi connectivity index (χ3v) is 5.29. The van der Waals surface area contributed by atoms with Gasteiger partial charge in [-0.1, -0.05) is 65.8 Å². The summed E-state index contributed by atoms with van der Waals surface area (Å²) in [6.07, 6.45) is 0.181. The van der Waals surface area contributed by atoms with E-state index in [2.05, 4.69) is 0 Å². The lowest BCUT2D eigenvalue weighted by Gasteiger charge is -2.09. The van der Waals surface area contributed by atoms with E-state index in [0.717, 1.165) is 26.7 Å². The molecule has 0 aromatic heterocycles. The summed E-state index contributed by atoms with van der Waals surface area (Å²) in [6.45, 7) is 2.69. The van der Waals surface area contributed by atoms with Crippen LogP contribution in [0.5, 0.6) is 5.75 Å². The number of carbonyl (C=O) groups excluding carboxylic acids is 1. The Labute approximate surface area is 174 Å². The normalized spacial score (nSPS) is 10.5. The molecule has 0 heterocycles. The molecule has 0 atom stereocenters. The summed E-state index contributed by atoms with van der Waals surface area (Å²) in [4.78, 5) is 13.7. The minimum Gasteiger partial charge on any atom is -0.489 e. The van der Waals surface area contributed by atoms with Gasteiger partial charge >= 0.3 is 5.97 Å². The smallest absolute Gasteiger partial charge is 0.310 e. The fourth-order valence-electron chi connectivity index (χ4n) is 2.61. The maximum atomic E-state index is 11.6. The van der Waals surface area contributed by atoms with Crippen molar-refractivity contribution in [3.8, 4) is 5.75 Å². The Morgan fingerprint density at radius 2 is 1.75 bits per heavy atom. The van der Waals surface area contributed by atoms with Gasteiger partial charge in [0, 0.05) is 14.8 Å². The number of rotatable bonds is 8. The highest BCUT2D eigenvalue weighted by atomic mass is 35.5. The van der Waals surface area contributed by atoms with Gasteiger partial charge in [0.15, 0.2) is 0 Å². The number of esters is 1. The molecule has 3 aromatic carbocycles. The van der Waals surface area contributed by atoms with Crippen molar-refractivity contribution < 1.29 is 14.3 Å². The predicted molar refractivity (Wildman–Crippen MR) is 113 cm³/mol. The maximum absolute atomic E-state index is 11.6. The first kappa shape index (κ1) is 20.3. The predicted octanol–water partition coefficient (Wildman–Crippen LogP) is 6.18. The topological polar surface area (TPSA) is 35.5 Å². The van der Waals surface area contributed by atoms with Crippen LogP contribution in [0.25, 0.3) is 0 Å². The molecule has 0 aliphatic rings. The van der Waals surface area contributed by atoms with Gasteiger partial charge in [-0.2, -0.15) is 0 Å². The zero-order chi connectivity index (χ0) is 19.8. The van der Waals surface area contributed by atoms with Gasteiger partial charge in [-0.25, -0.2) is 0 Å². The van der Waals surface area contributed by atoms with Crippen molar-refractivity contribution >= 4 is 29.3 Å². The Balaban J connectivity index is 1.63. The summed E-state index contributed by atoms with van der Waals surface area (Å²) < 4.78 is 10.9. The Kier molecular flexibility index (Phi) is 7.40. The van der Waals surface area contributed by atoms with Crippen LogP contribution in [0.15, 0.2) is 82.6 Å². The van der Waals surface area contributed by atoms with E-state index in [0.29, 0.717) is 18.2 Å². The molecule has 3 aromatic rings. The standard InChI is InChI=1S/C23H21ClO3S/c1-2-26-23(25)13-18-11-12-21(15-22(18)24)28-20-10-6-9-19(14-20)27-16-17-7-4-3-5-8-17/h3-12,14-15H,2,13,16H2,1H3. The molecule has 0 fully saturated rings. The minimum atomic E-state index is -0.270. The number of benzene rings is 3. The second-order valence-corrected chi connectivity index (χ2v) is 7.64. The molecule has 0 saturated heterocycles. The molecule has 0 radical (unpaired) electrons. The Hall–Kier alpha value is -2.43. The quantitative estimate of drug-likeness (QED) is 0.414. The molecule has 28 heavy (non-hydrogen) atoms. The van der Waals surface area contributed by atoms with E-state index in [1.807, 2.05) is 72.8 Å². The molecule has 0 aliphatic carbocycles. The monoisotopic (exact) mass is 412 g/mol. The summed E-state index contributed by atoms with van der Waals surface area (Å²) in [5.41, 5.74) is 1.90. The zero-order valence-electron chi connectivity index (χ0n) is 15.6. The number of hydrogen-bond donors (Lipinski definition) is 0. The van der Waals surface area contributed by atoms with E-state index in [1.54, 1.807) is 18.7 Å². The van der Waals surface area contributed by atoms with Gasteiger partial charge in [-0.05, 0) is 48.4 Å². The van der Waals surface area contributed by atoms with E-state index in [4.69, 9.17) is 21.1 Å². The minimum absolute atomic E-state index is 0.181. The molecular formula is C23H21ClO3S. The van der Waals surface area contributed by atoms with Crippen LogP contribution in [0.1, 0.15) is 18.1 Å². The third-order valence-electron chi connectivity index (χ3n) is 3.95. The van der Waals surface area contributed by atoms with Crippen LogP contribution >= 0.6 is 23.4 Å². The second kappa shape index (κ2) is 10.2. The van der Waals surface area contributed by atoms with Crippen molar-refractivity contribution in [1.82, 2.24) is 0 Å². The Morgan fingerprint density at radius 1 is 0.964 bits per heavy atom. The molecule has 0 aliphatic heterocycles. The summed E-state index contributed by atoms with van der Waals surface area (Å²) >= 11 is 7.94. The van der Waals surface area contributed by atoms with Crippen LogP contribution in [0.2, 0.25) is 5.02 Å². The molecule has 5 heteroatoms. The summed E-state index contributed by atoms with van der Waals surface area (Å²) in [7, 11) is 0. The van der Waals surface area contributed by atoms with Gasteiger partial charge in [-0.15, -0.1) is 0 Å². The van der Waals surface area contributed by atoms with E-state index in [1.165, 1.54) is 0 Å². The highest BCUT2D eigenvalue weighted by molar-refractivity contribution is 7.99. The summed E-state index contributed by atoms with van der Waals surface area (Å²) in [5.74, 6) is 0.548. The Morgan fingerprint density at radius 3 is 2.50 bits per heavy atom. The number of carbonyl (C=O) groups is 1. The molecule has 0 N–H and O–H groups in total. The van der Waals surface area contributed by atoms with Gasteiger partial charge in [-0.3, -0.25) is 4.79 Å². The zero-order valence-corrected chi connectivity index (χ0v) is 17.1. The van der Waals surface area contributed by atoms with Crippen LogP contribution in [0.4, 0.5) is 0 Å². The van der Waals surface area contributed by atoms with Crippen LogP contribution in [-0.4, -0.2) is 12.6 Å². The maximum Gasteiger partial charge on any atom is 0.310 e. The largest absolute Gasteiger partial charge is 0.489 e. The highest BCUT2D eigenvalue weighted by Crippen LogP contribution is 2.33. The van der Waals surface area contributed by atoms with Crippen molar-refractivity contribution in [2.45, 2.75) is 29.7 Å². The third kappa shape index (κ3) is 6.04. The van der Waals surface area contributed by atoms with Crippen molar-refractivity contribution in [2.24, 2.45) is 0 Å². The van der Waals surface area contributed by atoms with Crippen LogP contribution in [0, 0.1) is 0 Å². The summed E-state index contributed by atoms with van der Waals surface area (Å²) in [6, 6.07) is 23.7. The first-order chi connectivity index (χ1) is 13.6. The molecule has 3 rings (SSSR count).